The second kappa shape index (κ2) is 9.78. The second-order valence-electron chi connectivity index (χ2n) is 6.21. The van der Waals surface area contributed by atoms with E-state index in [1.54, 1.807) is 0 Å². The monoisotopic (exact) mass is 386 g/mol. The highest BCUT2D eigenvalue weighted by molar-refractivity contribution is 7.80. The van der Waals surface area contributed by atoms with E-state index < -0.39 is 0 Å². The van der Waals surface area contributed by atoms with Gasteiger partial charge in [0.25, 0.3) is 5.91 Å². The molecule has 2 aromatic rings. The number of carbonyl (C=O) groups excluding carboxylic acids is 1. The van der Waals surface area contributed by atoms with Crippen molar-refractivity contribution in [3.05, 3.63) is 53.1 Å². The van der Waals surface area contributed by atoms with Crippen LogP contribution < -0.4 is 26.2 Å². The van der Waals surface area contributed by atoms with Crippen molar-refractivity contribution >= 4 is 34.6 Å². The molecule has 6 nitrogen and oxygen atoms in total. The van der Waals surface area contributed by atoms with Crippen LogP contribution in [0.5, 0.6) is 5.75 Å². The lowest BCUT2D eigenvalue weighted by Crippen LogP contribution is -2.45. The summed E-state index contributed by atoms with van der Waals surface area (Å²) in [5.41, 5.74) is 10.5. The van der Waals surface area contributed by atoms with Crippen molar-refractivity contribution in [3.63, 3.8) is 0 Å². The van der Waals surface area contributed by atoms with Gasteiger partial charge in [-0.1, -0.05) is 17.7 Å². The Labute approximate surface area is 165 Å². The number of aryl methyl sites for hydroxylation is 3. The number of nitrogens with one attached hydrogen (secondary N) is 4. The molecule has 0 radical (unpaired) electrons. The summed E-state index contributed by atoms with van der Waals surface area (Å²) < 4.78 is 5.39. The maximum absolute atomic E-state index is 12.0. The van der Waals surface area contributed by atoms with Gasteiger partial charge in [0.15, 0.2) is 5.11 Å². The van der Waals surface area contributed by atoms with E-state index in [-0.39, 0.29) is 12.5 Å². The van der Waals surface area contributed by atoms with Crippen molar-refractivity contribution in [1.82, 2.24) is 10.9 Å². The smallest absolute Gasteiger partial charge is 0.257 e. The summed E-state index contributed by atoms with van der Waals surface area (Å²) in [5, 5.41) is 6.47. The van der Waals surface area contributed by atoms with E-state index in [9.17, 15) is 4.79 Å². The van der Waals surface area contributed by atoms with Crippen molar-refractivity contribution in [2.45, 2.75) is 27.7 Å². The van der Waals surface area contributed by atoms with E-state index in [1.807, 2.05) is 45.0 Å². The molecule has 4 N–H and O–H groups in total. The number of carbonyl (C=O) groups is 1. The molecule has 0 fully saturated rings. The van der Waals surface area contributed by atoms with Crippen molar-refractivity contribution < 1.29 is 9.53 Å². The number of anilines is 2. The second-order valence-corrected chi connectivity index (χ2v) is 6.62. The average molecular weight is 387 g/mol. The summed E-state index contributed by atoms with van der Waals surface area (Å²) >= 11 is 5.18. The number of hydrogen-bond donors (Lipinski definition) is 4. The molecule has 7 heteroatoms. The first-order valence-electron chi connectivity index (χ1n) is 8.79. The van der Waals surface area contributed by atoms with Crippen LogP contribution in [-0.4, -0.2) is 24.2 Å². The van der Waals surface area contributed by atoms with E-state index in [0.29, 0.717) is 11.7 Å². The molecule has 0 spiro atoms. The molecular formula is C20H26N4O2S. The Morgan fingerprint density at radius 1 is 1.04 bits per heavy atom. The van der Waals surface area contributed by atoms with Gasteiger partial charge in [0.1, 0.15) is 5.75 Å². The molecule has 0 saturated carbocycles. The van der Waals surface area contributed by atoms with Crippen LogP contribution in [0.2, 0.25) is 0 Å². The summed E-state index contributed by atoms with van der Waals surface area (Å²) in [4.78, 5) is 12.0. The molecule has 1 amide bonds. The Balaban J connectivity index is 1.77. The van der Waals surface area contributed by atoms with E-state index >= 15 is 0 Å². The Kier molecular flexibility index (Phi) is 7.43. The number of hydrazine groups is 1. The molecule has 0 bridgehead atoms. The van der Waals surface area contributed by atoms with Crippen molar-refractivity contribution in [2.24, 2.45) is 0 Å². The van der Waals surface area contributed by atoms with Crippen LogP contribution in [-0.2, 0) is 4.79 Å². The largest absolute Gasteiger partial charge is 0.494 e. The number of amides is 1. The molecule has 2 aromatic carbocycles. The van der Waals surface area contributed by atoms with Gasteiger partial charge in [0, 0.05) is 11.4 Å². The van der Waals surface area contributed by atoms with Gasteiger partial charge in [0.2, 0.25) is 0 Å². The molecule has 0 aromatic heterocycles. The molecule has 0 aliphatic rings. The quantitative estimate of drug-likeness (QED) is 0.450. The summed E-state index contributed by atoms with van der Waals surface area (Å²) in [7, 11) is 0. The van der Waals surface area contributed by atoms with E-state index in [4.69, 9.17) is 17.0 Å². The third-order valence-electron chi connectivity index (χ3n) is 3.84. The fourth-order valence-electron chi connectivity index (χ4n) is 2.76. The highest BCUT2D eigenvalue weighted by Gasteiger charge is 2.07. The molecule has 0 saturated heterocycles. The minimum absolute atomic E-state index is 0.142. The zero-order valence-electron chi connectivity index (χ0n) is 16.1. The summed E-state index contributed by atoms with van der Waals surface area (Å²) in [6, 6.07) is 11.6. The summed E-state index contributed by atoms with van der Waals surface area (Å²) in [6.45, 7) is 8.80. The standard InChI is InChI=1S/C20H26N4O2S/c1-5-26-17-8-6-16(7-9-17)22-20(27)24-23-18(25)12-21-19-14(3)10-13(2)11-15(19)4/h6-11,21H,5,12H2,1-4H3,(H,23,25)(H2,22,24,27). The predicted molar refractivity (Wildman–Crippen MR) is 114 cm³/mol. The van der Waals surface area contributed by atoms with Crippen molar-refractivity contribution in [2.75, 3.05) is 23.8 Å². The first-order valence-corrected chi connectivity index (χ1v) is 9.20. The molecule has 0 heterocycles. The van der Waals surface area contributed by atoms with Gasteiger partial charge in [0.05, 0.1) is 13.2 Å². The average Bonchev–Trinajstić information content (AvgIpc) is 2.61. The van der Waals surface area contributed by atoms with Crippen molar-refractivity contribution in [1.29, 1.82) is 0 Å². The van der Waals surface area contributed by atoms with Gasteiger partial charge in [-0.25, -0.2) is 0 Å². The van der Waals surface area contributed by atoms with Gasteiger partial charge in [-0.3, -0.25) is 15.6 Å². The molecule has 0 atom stereocenters. The van der Waals surface area contributed by atoms with E-state index in [0.717, 1.165) is 28.3 Å². The Hall–Kier alpha value is -2.80. The molecule has 2 rings (SSSR count). The minimum atomic E-state index is -0.217. The maximum atomic E-state index is 12.0. The van der Waals surface area contributed by atoms with Gasteiger partial charge in [-0.15, -0.1) is 0 Å². The Bertz CT molecular complexity index is 783. The number of benzene rings is 2. The minimum Gasteiger partial charge on any atom is -0.494 e. The molecule has 0 aliphatic heterocycles. The normalized spacial score (nSPS) is 10.1. The van der Waals surface area contributed by atoms with Crippen LogP contribution in [0.15, 0.2) is 36.4 Å². The number of hydrogen-bond acceptors (Lipinski definition) is 4. The fourth-order valence-corrected chi connectivity index (χ4v) is 2.93. The van der Waals surface area contributed by atoms with Crippen LogP contribution >= 0.6 is 12.2 Å². The molecular weight excluding hydrogens is 360 g/mol. The lowest BCUT2D eigenvalue weighted by Gasteiger charge is -2.15. The van der Waals surface area contributed by atoms with Crippen LogP contribution in [0.1, 0.15) is 23.6 Å². The Morgan fingerprint density at radius 3 is 2.26 bits per heavy atom. The third kappa shape index (κ3) is 6.45. The summed E-state index contributed by atoms with van der Waals surface area (Å²) in [5.74, 6) is 0.577. The fraction of sp³-hybridized carbons (Fsp3) is 0.300. The van der Waals surface area contributed by atoms with Crippen LogP contribution in [0, 0.1) is 20.8 Å². The highest BCUT2D eigenvalue weighted by atomic mass is 32.1. The van der Waals surface area contributed by atoms with E-state index in [1.165, 1.54) is 5.56 Å². The molecule has 0 aliphatic carbocycles. The number of thiocarbonyl (C=S) groups is 1. The first-order chi connectivity index (χ1) is 12.9. The lowest BCUT2D eigenvalue weighted by molar-refractivity contribution is -0.119. The molecule has 0 unspecified atom stereocenters. The van der Waals surface area contributed by atoms with Gasteiger partial charge < -0.3 is 15.4 Å². The first kappa shape index (κ1) is 20.5. The van der Waals surface area contributed by atoms with Crippen LogP contribution in [0.4, 0.5) is 11.4 Å². The third-order valence-corrected chi connectivity index (χ3v) is 4.05. The molecule has 27 heavy (non-hydrogen) atoms. The SMILES string of the molecule is CCOc1ccc(NC(=S)NNC(=O)CNc2c(C)cc(C)cc2C)cc1. The van der Waals surface area contributed by atoms with Crippen molar-refractivity contribution in [3.8, 4) is 5.75 Å². The zero-order valence-corrected chi connectivity index (χ0v) is 16.9. The van der Waals surface area contributed by atoms with Crippen LogP contribution in [0.25, 0.3) is 0 Å². The summed E-state index contributed by atoms with van der Waals surface area (Å²) in [6.07, 6.45) is 0. The lowest BCUT2D eigenvalue weighted by atomic mass is 10.1. The van der Waals surface area contributed by atoms with E-state index in [2.05, 4.69) is 40.5 Å². The van der Waals surface area contributed by atoms with Gasteiger partial charge >= 0.3 is 0 Å². The molecule has 144 valence electrons. The Morgan fingerprint density at radius 2 is 1.67 bits per heavy atom. The van der Waals surface area contributed by atoms with Gasteiger partial charge in [-0.05, 0) is 75.3 Å². The predicted octanol–water partition coefficient (Wildman–Crippen LogP) is 3.44. The topological polar surface area (TPSA) is 74.4 Å². The number of rotatable bonds is 6. The maximum Gasteiger partial charge on any atom is 0.257 e. The zero-order chi connectivity index (χ0) is 19.8. The van der Waals surface area contributed by atoms with Gasteiger partial charge in [-0.2, -0.15) is 0 Å². The number of ether oxygens (including phenoxy) is 1. The van der Waals surface area contributed by atoms with Crippen LogP contribution in [0.3, 0.4) is 0 Å². The highest BCUT2D eigenvalue weighted by Crippen LogP contribution is 2.21.